The Balaban J connectivity index is 0.000000279. The maximum Gasteiger partial charge on any atom is 0.251 e. The fraction of sp³-hybridized carbons (Fsp3) is 0.779. The Morgan fingerprint density at radius 1 is 0.437 bits per heavy atom. The molecule has 5 saturated heterocycles. The number of ketones is 6. The Hall–Kier alpha value is -4.79. The summed E-state index contributed by atoms with van der Waals surface area (Å²) in [5.41, 5.74) is 1.59. The van der Waals surface area contributed by atoms with Crippen LogP contribution in [0.3, 0.4) is 0 Å². The van der Waals surface area contributed by atoms with E-state index < -0.39 is 18.1 Å². The third-order valence-electron chi connectivity index (χ3n) is 18.2. The van der Waals surface area contributed by atoms with E-state index >= 15 is 0 Å². The molecule has 5 aliphatic heterocycles. The first-order valence-electron chi connectivity index (χ1n) is 33.3. The third-order valence-corrected chi connectivity index (χ3v) is 18.2. The number of carbonyl (C=O) groups is 9. The molecule has 0 radical (unpaired) electrons. The Bertz CT molecular complexity index is 2320. The molecule has 87 heavy (non-hydrogen) atoms. The number of nitrogens with one attached hydrogen (secondary N) is 3. The zero-order valence-corrected chi connectivity index (χ0v) is 56.3. The van der Waals surface area contributed by atoms with Crippen LogP contribution in [0.25, 0.3) is 0 Å². The monoisotopic (exact) mass is 1220 g/mol. The number of amides is 3. The molecular weight excluding hydrogens is 1100 g/mol. The molecule has 0 bridgehead atoms. The minimum absolute atomic E-state index is 0.0141. The number of benzene rings is 1. The second-order valence-corrected chi connectivity index (χ2v) is 27.5. The van der Waals surface area contributed by atoms with Gasteiger partial charge in [-0.25, -0.2) is 0 Å². The van der Waals surface area contributed by atoms with Crippen molar-refractivity contribution < 1.29 is 43.2 Å². The topological polar surface area (TPSA) is 212 Å². The number of anilines is 1. The summed E-state index contributed by atoms with van der Waals surface area (Å²) < 4.78 is 0. The van der Waals surface area contributed by atoms with Gasteiger partial charge < -0.3 is 40.4 Å². The van der Waals surface area contributed by atoms with Crippen molar-refractivity contribution in [1.82, 2.24) is 45.3 Å². The Kier molecular flexibility index (Phi) is 32.6. The number of piperidine rings is 3. The van der Waals surface area contributed by atoms with E-state index in [9.17, 15) is 43.2 Å². The van der Waals surface area contributed by atoms with Crippen LogP contribution in [0.5, 0.6) is 0 Å². The first-order chi connectivity index (χ1) is 41.1. The number of hydrogen-bond donors (Lipinski definition) is 3. The number of nitrogens with zero attached hydrogens (tertiary/aromatic N) is 7. The number of hydrogen-bond acceptors (Lipinski definition) is 16. The van der Waals surface area contributed by atoms with E-state index in [2.05, 4.69) is 64.3 Å². The van der Waals surface area contributed by atoms with Crippen molar-refractivity contribution in [2.75, 3.05) is 130 Å². The van der Waals surface area contributed by atoms with E-state index in [4.69, 9.17) is 0 Å². The smallest absolute Gasteiger partial charge is 0.251 e. The molecule has 1 aromatic carbocycles. The first kappa shape index (κ1) is 74.7. The maximum absolute atomic E-state index is 12.7. The molecule has 19 nitrogen and oxygen atoms in total. The molecule has 3 atom stereocenters. The molecule has 3 amide bonds. The summed E-state index contributed by atoms with van der Waals surface area (Å²) >= 11 is 0. The fourth-order valence-electron chi connectivity index (χ4n) is 11.8. The summed E-state index contributed by atoms with van der Waals surface area (Å²) in [6.07, 6.45) is 9.20. The number of piperazine rings is 2. The van der Waals surface area contributed by atoms with Crippen LogP contribution in [0, 0.1) is 41.4 Å². The van der Waals surface area contributed by atoms with Crippen molar-refractivity contribution in [2.45, 2.75) is 178 Å². The number of rotatable bonds is 28. The summed E-state index contributed by atoms with van der Waals surface area (Å²) in [7, 11) is 4.30. The Labute approximate surface area is 523 Å². The number of likely N-dealkylation sites (N-methyl/N-ethyl adjacent to an activating group) is 2. The van der Waals surface area contributed by atoms with Crippen LogP contribution >= 0.6 is 0 Å². The SMILES string of the molecule is CC(C)C(=O)CC(NC(=O)CCN1CCC(N2CCN(C)CC2)CC1)C(=O)C(C)C.CC(C)C(=O)CC(NC(=O)CN1CCC(CN2CCCCC2)CC1)C(=O)C(C)C.CC(C)C(=O)CC(NC(=O)c1ccc(N2CCN(C)CC2)cc1)C(=O)C(C)C. The lowest BCUT2D eigenvalue weighted by molar-refractivity contribution is -0.133. The Morgan fingerprint density at radius 2 is 0.851 bits per heavy atom. The average Bonchev–Trinajstić information content (AvgIpc) is 3.64. The molecule has 492 valence electrons. The standard InChI is InChI=1S/C23H42N4O3.C23H41N3O3.C22H33N3O3/c1-17(2)21(28)16-20(23(30)18(3)4)24-22(29)8-11-26-9-6-19(7-10-26)27-14-12-25(5)13-15-27;1-17(2)21(27)14-20(23(29)18(3)4)24-22(28)16-26-12-8-19(9-13-26)15-25-10-6-5-7-11-25;1-15(2)20(26)14-19(21(27)16(3)4)23-22(28)17-6-8-18(9-7-17)25-12-10-24(5)11-13-25/h17-20H,6-16H2,1-5H3,(H,24,29);17-20H,5-16H2,1-4H3,(H,24,28);6-9,15-16,19H,10-14H2,1-5H3,(H,23,28). The number of Topliss-reactive ketones (excluding diaryl/α,β-unsaturated/α-hetero) is 6. The van der Waals surface area contributed by atoms with E-state index in [-0.39, 0.29) is 107 Å². The maximum atomic E-state index is 12.7. The fourth-order valence-corrected chi connectivity index (χ4v) is 11.8. The van der Waals surface area contributed by atoms with Crippen molar-refractivity contribution in [3.8, 4) is 0 Å². The van der Waals surface area contributed by atoms with Crippen LogP contribution in [0.15, 0.2) is 24.3 Å². The van der Waals surface area contributed by atoms with E-state index in [1.807, 2.05) is 67.5 Å². The molecular formula is C68H116N10O9. The molecule has 6 rings (SSSR count). The van der Waals surface area contributed by atoms with E-state index in [0.717, 1.165) is 116 Å². The van der Waals surface area contributed by atoms with Crippen LogP contribution in [0.1, 0.15) is 164 Å². The lowest BCUT2D eigenvalue weighted by Gasteiger charge is -2.42. The van der Waals surface area contributed by atoms with E-state index in [0.29, 0.717) is 31.1 Å². The molecule has 5 heterocycles. The van der Waals surface area contributed by atoms with Gasteiger partial charge in [-0.15, -0.1) is 0 Å². The molecule has 0 spiro atoms. The van der Waals surface area contributed by atoms with Gasteiger partial charge in [0.25, 0.3) is 5.91 Å². The molecule has 0 aromatic heterocycles. The van der Waals surface area contributed by atoms with Gasteiger partial charge in [-0.1, -0.05) is 89.5 Å². The molecule has 3 N–H and O–H groups in total. The van der Waals surface area contributed by atoms with Crippen molar-refractivity contribution in [1.29, 1.82) is 0 Å². The molecule has 3 unspecified atom stereocenters. The van der Waals surface area contributed by atoms with Gasteiger partial charge in [0.15, 0.2) is 17.3 Å². The van der Waals surface area contributed by atoms with E-state index in [1.54, 1.807) is 39.8 Å². The van der Waals surface area contributed by atoms with Gasteiger partial charge in [0.05, 0.1) is 24.7 Å². The second-order valence-electron chi connectivity index (χ2n) is 27.5. The second kappa shape index (κ2) is 38.0. The predicted octanol–water partition coefficient (Wildman–Crippen LogP) is 6.30. The normalized spacial score (nSPS) is 19.5. The number of likely N-dealkylation sites (tertiary alicyclic amines) is 3. The van der Waals surface area contributed by atoms with Crippen LogP contribution in [-0.2, 0) is 38.4 Å². The zero-order chi connectivity index (χ0) is 64.5. The first-order valence-corrected chi connectivity index (χ1v) is 33.3. The summed E-state index contributed by atoms with van der Waals surface area (Å²) in [6.45, 7) is 38.9. The van der Waals surface area contributed by atoms with Gasteiger partial charge in [0.1, 0.15) is 17.3 Å². The molecule has 1 aromatic rings. The van der Waals surface area contributed by atoms with Crippen LogP contribution < -0.4 is 20.9 Å². The lowest BCUT2D eigenvalue weighted by atomic mass is 9.93. The minimum atomic E-state index is -0.778. The Morgan fingerprint density at radius 3 is 1.29 bits per heavy atom. The summed E-state index contributed by atoms with van der Waals surface area (Å²) in [4.78, 5) is 128. The van der Waals surface area contributed by atoms with Gasteiger partial charge in [-0.05, 0) is 122 Å². The highest BCUT2D eigenvalue weighted by Crippen LogP contribution is 2.23. The number of carbonyl (C=O) groups excluding carboxylic acids is 9. The largest absolute Gasteiger partial charge is 0.369 e. The highest BCUT2D eigenvalue weighted by molar-refractivity contribution is 6.00. The van der Waals surface area contributed by atoms with Gasteiger partial charge in [0.2, 0.25) is 11.8 Å². The van der Waals surface area contributed by atoms with E-state index in [1.165, 1.54) is 38.9 Å². The van der Waals surface area contributed by atoms with Gasteiger partial charge in [-0.2, -0.15) is 0 Å². The van der Waals surface area contributed by atoms with Gasteiger partial charge in [-0.3, -0.25) is 53.0 Å². The highest BCUT2D eigenvalue weighted by atomic mass is 16.2. The summed E-state index contributed by atoms with van der Waals surface area (Å²) in [5, 5.41) is 8.46. The molecule has 5 aliphatic rings. The van der Waals surface area contributed by atoms with Crippen LogP contribution in [0.4, 0.5) is 5.69 Å². The summed E-state index contributed by atoms with van der Waals surface area (Å²) in [6, 6.07) is 5.94. The third kappa shape index (κ3) is 26.7. The highest BCUT2D eigenvalue weighted by Gasteiger charge is 2.32. The minimum Gasteiger partial charge on any atom is -0.369 e. The summed E-state index contributed by atoms with van der Waals surface area (Å²) in [5.74, 6) is -1.18. The van der Waals surface area contributed by atoms with Gasteiger partial charge in [0, 0.05) is 144 Å². The van der Waals surface area contributed by atoms with Crippen molar-refractivity contribution in [3.63, 3.8) is 0 Å². The van der Waals surface area contributed by atoms with Crippen LogP contribution in [0.2, 0.25) is 0 Å². The molecule has 0 aliphatic carbocycles. The van der Waals surface area contributed by atoms with Crippen molar-refractivity contribution in [2.24, 2.45) is 41.4 Å². The quantitative estimate of drug-likeness (QED) is 0.0840. The van der Waals surface area contributed by atoms with Crippen molar-refractivity contribution >= 4 is 58.1 Å². The predicted molar refractivity (Wildman–Crippen MR) is 347 cm³/mol. The molecule has 0 saturated carbocycles. The zero-order valence-electron chi connectivity index (χ0n) is 56.3. The average molecular weight is 1220 g/mol. The van der Waals surface area contributed by atoms with Crippen LogP contribution in [-0.4, -0.2) is 231 Å². The lowest BCUT2D eigenvalue weighted by Crippen LogP contribution is -2.52. The van der Waals surface area contributed by atoms with Crippen molar-refractivity contribution in [3.05, 3.63) is 29.8 Å². The molecule has 19 heteroatoms. The van der Waals surface area contributed by atoms with Gasteiger partial charge >= 0.3 is 0 Å². The molecule has 5 fully saturated rings.